The van der Waals surface area contributed by atoms with Crippen molar-refractivity contribution in [1.82, 2.24) is 0 Å². The molecule has 1 atom stereocenters. The highest BCUT2D eigenvalue weighted by molar-refractivity contribution is 5.78. The number of rotatable bonds is 2. The molecule has 4 N–H and O–H groups in total. The molecule has 1 rings (SSSR count). The van der Waals surface area contributed by atoms with Crippen molar-refractivity contribution < 1.29 is 15.0 Å². The van der Waals surface area contributed by atoms with Gasteiger partial charge >= 0.3 is 5.97 Å². The van der Waals surface area contributed by atoms with Crippen LogP contribution in [0.5, 0.6) is 0 Å². The van der Waals surface area contributed by atoms with Gasteiger partial charge in [-0.15, -0.1) is 0 Å². The fraction of sp³-hybridized carbons (Fsp3) is 0.222. The minimum absolute atomic E-state index is 0.314. The van der Waals surface area contributed by atoms with Crippen LogP contribution in [-0.2, 0) is 10.4 Å². The third-order valence-electron chi connectivity index (χ3n) is 1.89. The van der Waals surface area contributed by atoms with E-state index in [-0.39, 0.29) is 0 Å². The van der Waals surface area contributed by atoms with Crippen LogP contribution in [0.2, 0.25) is 0 Å². The van der Waals surface area contributed by atoms with Crippen LogP contribution >= 0.6 is 0 Å². The molecule has 0 aliphatic heterocycles. The van der Waals surface area contributed by atoms with Gasteiger partial charge in [-0.3, -0.25) is 0 Å². The third kappa shape index (κ3) is 1.78. The topological polar surface area (TPSA) is 83.5 Å². The maximum atomic E-state index is 10.6. The standard InChI is InChI=1S/C9H11NO3/c1-9(13,8(11)12)6-2-4-7(10)5-3-6/h2-5,13H,10H2,1H3,(H,11,12). The molecule has 0 radical (unpaired) electrons. The van der Waals surface area contributed by atoms with E-state index in [0.717, 1.165) is 0 Å². The molecule has 0 saturated carbocycles. The average Bonchev–Trinajstić information content (AvgIpc) is 2.04. The first-order valence-corrected chi connectivity index (χ1v) is 3.76. The molecule has 0 aromatic heterocycles. The Hall–Kier alpha value is -1.55. The zero-order valence-electron chi connectivity index (χ0n) is 7.19. The number of carboxylic acids is 1. The minimum Gasteiger partial charge on any atom is -0.479 e. The van der Waals surface area contributed by atoms with Crippen LogP contribution < -0.4 is 5.73 Å². The minimum atomic E-state index is -1.85. The van der Waals surface area contributed by atoms with Gasteiger partial charge in [0.25, 0.3) is 0 Å². The van der Waals surface area contributed by atoms with Gasteiger partial charge in [-0.25, -0.2) is 4.79 Å². The average molecular weight is 181 g/mol. The number of carboxylic acid groups (broad SMARTS) is 1. The lowest BCUT2D eigenvalue weighted by Gasteiger charge is -2.18. The second-order valence-electron chi connectivity index (χ2n) is 3.00. The van der Waals surface area contributed by atoms with Gasteiger partial charge < -0.3 is 15.9 Å². The molecule has 0 saturated heterocycles. The zero-order valence-corrected chi connectivity index (χ0v) is 7.19. The number of hydrogen-bond acceptors (Lipinski definition) is 3. The van der Waals surface area contributed by atoms with Gasteiger partial charge in [0.05, 0.1) is 0 Å². The quantitative estimate of drug-likeness (QED) is 0.582. The first-order chi connectivity index (χ1) is 5.94. The summed E-state index contributed by atoms with van der Waals surface area (Å²) >= 11 is 0. The van der Waals surface area contributed by atoms with E-state index in [1.165, 1.54) is 19.1 Å². The third-order valence-corrected chi connectivity index (χ3v) is 1.89. The molecule has 0 aliphatic carbocycles. The summed E-state index contributed by atoms with van der Waals surface area (Å²) in [6.45, 7) is 1.22. The van der Waals surface area contributed by atoms with Crippen molar-refractivity contribution in [3.8, 4) is 0 Å². The number of hydrogen-bond donors (Lipinski definition) is 3. The molecule has 1 unspecified atom stereocenters. The predicted octanol–water partition coefficient (Wildman–Crippen LogP) is 0.561. The molecule has 13 heavy (non-hydrogen) atoms. The van der Waals surface area contributed by atoms with Crippen molar-refractivity contribution in [1.29, 1.82) is 0 Å². The Morgan fingerprint density at radius 1 is 1.38 bits per heavy atom. The van der Waals surface area contributed by atoms with E-state index in [2.05, 4.69) is 0 Å². The molecule has 70 valence electrons. The Kier molecular flexibility index (Phi) is 2.25. The number of anilines is 1. The summed E-state index contributed by atoms with van der Waals surface area (Å²) in [6, 6.07) is 6.08. The maximum absolute atomic E-state index is 10.6. The Morgan fingerprint density at radius 3 is 2.23 bits per heavy atom. The molecule has 0 heterocycles. The molecule has 0 spiro atoms. The van der Waals surface area contributed by atoms with Crippen molar-refractivity contribution in [3.63, 3.8) is 0 Å². The Bertz CT molecular complexity index is 316. The first kappa shape index (κ1) is 9.54. The SMILES string of the molecule is CC(O)(C(=O)O)c1ccc(N)cc1. The number of nitrogens with two attached hydrogens (primary N) is 1. The van der Waals surface area contributed by atoms with Gasteiger partial charge in [-0.05, 0) is 24.6 Å². The summed E-state index contributed by atoms with van der Waals surface area (Å²) in [5.74, 6) is -1.28. The highest BCUT2D eigenvalue weighted by Crippen LogP contribution is 2.21. The van der Waals surface area contributed by atoms with Gasteiger partial charge in [-0.1, -0.05) is 12.1 Å². The van der Waals surface area contributed by atoms with Gasteiger partial charge in [0.1, 0.15) is 0 Å². The Labute approximate surface area is 75.6 Å². The van der Waals surface area contributed by atoms with Crippen LogP contribution in [0.3, 0.4) is 0 Å². The number of benzene rings is 1. The van der Waals surface area contributed by atoms with Crippen molar-refractivity contribution >= 4 is 11.7 Å². The van der Waals surface area contributed by atoms with Gasteiger partial charge in [0, 0.05) is 5.69 Å². The van der Waals surface area contributed by atoms with Crippen LogP contribution in [-0.4, -0.2) is 16.2 Å². The second-order valence-corrected chi connectivity index (χ2v) is 3.00. The number of nitrogen functional groups attached to an aromatic ring is 1. The monoisotopic (exact) mass is 181 g/mol. The summed E-state index contributed by atoms with van der Waals surface area (Å²) in [5, 5.41) is 18.2. The molecule has 1 aromatic carbocycles. The molecule has 1 aromatic rings. The molecular formula is C9H11NO3. The molecule has 0 bridgehead atoms. The van der Waals surface area contributed by atoms with Gasteiger partial charge in [0.2, 0.25) is 0 Å². The fourth-order valence-electron chi connectivity index (χ4n) is 0.931. The summed E-state index contributed by atoms with van der Waals surface area (Å²) in [6.07, 6.45) is 0. The predicted molar refractivity (Wildman–Crippen MR) is 48.1 cm³/mol. The number of aliphatic carboxylic acids is 1. The van der Waals surface area contributed by atoms with Crippen molar-refractivity contribution in [2.45, 2.75) is 12.5 Å². The van der Waals surface area contributed by atoms with E-state index in [4.69, 9.17) is 10.8 Å². The lowest BCUT2D eigenvalue weighted by atomic mass is 9.96. The van der Waals surface area contributed by atoms with E-state index in [1.54, 1.807) is 12.1 Å². The summed E-state index contributed by atoms with van der Waals surface area (Å²) in [5.41, 5.74) is 4.41. The highest BCUT2D eigenvalue weighted by Gasteiger charge is 2.31. The molecule has 4 heteroatoms. The van der Waals surface area contributed by atoms with Crippen LogP contribution in [0.4, 0.5) is 5.69 Å². The Balaban J connectivity index is 3.08. The number of aliphatic hydroxyl groups is 1. The van der Waals surface area contributed by atoms with Gasteiger partial charge in [0.15, 0.2) is 5.60 Å². The van der Waals surface area contributed by atoms with E-state index in [0.29, 0.717) is 11.3 Å². The lowest BCUT2D eigenvalue weighted by Crippen LogP contribution is -2.31. The largest absolute Gasteiger partial charge is 0.479 e. The van der Waals surface area contributed by atoms with Crippen molar-refractivity contribution in [3.05, 3.63) is 29.8 Å². The van der Waals surface area contributed by atoms with E-state index >= 15 is 0 Å². The first-order valence-electron chi connectivity index (χ1n) is 3.76. The second kappa shape index (κ2) is 3.06. The van der Waals surface area contributed by atoms with E-state index in [9.17, 15) is 9.90 Å². The maximum Gasteiger partial charge on any atom is 0.340 e. The highest BCUT2D eigenvalue weighted by atomic mass is 16.4. The molecule has 0 aliphatic rings. The van der Waals surface area contributed by atoms with E-state index < -0.39 is 11.6 Å². The smallest absolute Gasteiger partial charge is 0.340 e. The lowest BCUT2D eigenvalue weighted by molar-refractivity contribution is -0.157. The van der Waals surface area contributed by atoms with Crippen LogP contribution in [0.1, 0.15) is 12.5 Å². The van der Waals surface area contributed by atoms with Crippen molar-refractivity contribution in [2.75, 3.05) is 5.73 Å². The molecule has 4 nitrogen and oxygen atoms in total. The van der Waals surface area contributed by atoms with Crippen molar-refractivity contribution in [2.24, 2.45) is 0 Å². The molecular weight excluding hydrogens is 170 g/mol. The Morgan fingerprint density at radius 2 is 1.85 bits per heavy atom. The normalized spacial score (nSPS) is 14.9. The summed E-state index contributed by atoms with van der Waals surface area (Å²) in [4.78, 5) is 10.6. The zero-order chi connectivity index (χ0) is 10.1. The fourth-order valence-corrected chi connectivity index (χ4v) is 0.931. The van der Waals surface area contributed by atoms with Gasteiger partial charge in [-0.2, -0.15) is 0 Å². The molecule has 0 fully saturated rings. The van der Waals surface area contributed by atoms with Crippen LogP contribution in [0.15, 0.2) is 24.3 Å². The number of carbonyl (C=O) groups is 1. The van der Waals surface area contributed by atoms with Crippen LogP contribution in [0, 0.1) is 0 Å². The molecule has 0 amide bonds. The summed E-state index contributed by atoms with van der Waals surface area (Å²) in [7, 11) is 0. The van der Waals surface area contributed by atoms with E-state index in [1.807, 2.05) is 0 Å². The van der Waals surface area contributed by atoms with Crippen LogP contribution in [0.25, 0.3) is 0 Å². The summed E-state index contributed by atoms with van der Waals surface area (Å²) < 4.78 is 0.